The predicted octanol–water partition coefficient (Wildman–Crippen LogP) is 0.196. The van der Waals surface area contributed by atoms with Crippen molar-refractivity contribution in [2.75, 3.05) is 20.3 Å². The molecule has 1 saturated heterocycles. The SMILES string of the molecule is CN(Cc1ccccc1)S(=O)(=O)NC1(C(=O)O)CCOC1. The molecule has 0 saturated carbocycles. The lowest BCUT2D eigenvalue weighted by Crippen LogP contribution is -2.57. The van der Waals surface area contributed by atoms with Crippen LogP contribution in [-0.2, 0) is 26.3 Å². The van der Waals surface area contributed by atoms with E-state index in [4.69, 9.17) is 4.74 Å². The monoisotopic (exact) mass is 314 g/mol. The Bertz CT molecular complexity index is 596. The summed E-state index contributed by atoms with van der Waals surface area (Å²) in [6.45, 7) is 0.213. The fourth-order valence-electron chi connectivity index (χ4n) is 2.11. The Morgan fingerprint density at radius 3 is 2.62 bits per heavy atom. The van der Waals surface area contributed by atoms with Crippen LogP contribution in [0.15, 0.2) is 30.3 Å². The first-order valence-electron chi connectivity index (χ1n) is 6.46. The van der Waals surface area contributed by atoms with Crippen LogP contribution < -0.4 is 4.72 Å². The third kappa shape index (κ3) is 3.59. The quantitative estimate of drug-likeness (QED) is 0.782. The lowest BCUT2D eigenvalue weighted by Gasteiger charge is -2.27. The van der Waals surface area contributed by atoms with Crippen LogP contribution in [-0.4, -0.2) is 49.6 Å². The summed E-state index contributed by atoms with van der Waals surface area (Å²) in [6, 6.07) is 9.07. The average Bonchev–Trinajstić information content (AvgIpc) is 2.89. The van der Waals surface area contributed by atoms with Crippen LogP contribution in [0.1, 0.15) is 12.0 Å². The summed E-state index contributed by atoms with van der Waals surface area (Å²) in [6.07, 6.45) is 0.112. The van der Waals surface area contributed by atoms with Gasteiger partial charge in [0, 0.05) is 26.6 Å². The average molecular weight is 314 g/mol. The molecule has 21 heavy (non-hydrogen) atoms. The van der Waals surface area contributed by atoms with Crippen molar-refractivity contribution in [1.29, 1.82) is 0 Å². The van der Waals surface area contributed by atoms with Crippen molar-refractivity contribution in [2.45, 2.75) is 18.5 Å². The molecule has 1 heterocycles. The molecule has 1 aliphatic rings. The van der Waals surface area contributed by atoms with E-state index in [9.17, 15) is 18.3 Å². The minimum Gasteiger partial charge on any atom is -0.480 e. The molecule has 1 aliphatic heterocycles. The molecule has 0 aromatic heterocycles. The van der Waals surface area contributed by atoms with E-state index in [-0.39, 0.29) is 26.2 Å². The third-order valence-electron chi connectivity index (χ3n) is 3.41. The van der Waals surface area contributed by atoms with Gasteiger partial charge in [-0.15, -0.1) is 0 Å². The number of nitrogens with one attached hydrogen (secondary N) is 1. The number of carboxylic acids is 1. The Morgan fingerprint density at radius 1 is 1.43 bits per heavy atom. The highest BCUT2D eigenvalue weighted by molar-refractivity contribution is 7.87. The second-order valence-corrected chi connectivity index (χ2v) is 6.82. The van der Waals surface area contributed by atoms with Crippen molar-refractivity contribution >= 4 is 16.2 Å². The molecule has 0 amide bonds. The lowest BCUT2D eigenvalue weighted by molar-refractivity contribution is -0.144. The molecular formula is C13H18N2O5S. The van der Waals surface area contributed by atoms with E-state index in [2.05, 4.69) is 4.72 Å². The number of rotatable bonds is 6. The van der Waals surface area contributed by atoms with E-state index in [1.54, 1.807) is 12.1 Å². The van der Waals surface area contributed by atoms with Gasteiger partial charge in [0.2, 0.25) is 0 Å². The van der Waals surface area contributed by atoms with E-state index < -0.39 is 21.7 Å². The number of hydrogen-bond acceptors (Lipinski definition) is 4. The summed E-state index contributed by atoms with van der Waals surface area (Å²) in [4.78, 5) is 11.4. The van der Waals surface area contributed by atoms with Crippen molar-refractivity contribution in [1.82, 2.24) is 9.03 Å². The molecule has 0 radical (unpaired) electrons. The summed E-state index contributed by atoms with van der Waals surface area (Å²) >= 11 is 0. The van der Waals surface area contributed by atoms with Crippen molar-refractivity contribution < 1.29 is 23.1 Å². The van der Waals surface area contributed by atoms with E-state index in [0.717, 1.165) is 9.87 Å². The summed E-state index contributed by atoms with van der Waals surface area (Å²) in [5, 5.41) is 9.27. The zero-order chi connectivity index (χ0) is 15.5. The van der Waals surface area contributed by atoms with Crippen LogP contribution >= 0.6 is 0 Å². The van der Waals surface area contributed by atoms with E-state index in [0.29, 0.717) is 0 Å². The van der Waals surface area contributed by atoms with Gasteiger partial charge in [-0.05, 0) is 5.56 Å². The van der Waals surface area contributed by atoms with Gasteiger partial charge in [0.15, 0.2) is 5.54 Å². The van der Waals surface area contributed by atoms with Gasteiger partial charge in [-0.25, -0.2) is 0 Å². The van der Waals surface area contributed by atoms with Gasteiger partial charge >= 0.3 is 5.97 Å². The predicted molar refractivity (Wildman–Crippen MR) is 75.8 cm³/mol. The second-order valence-electron chi connectivity index (χ2n) is 5.04. The van der Waals surface area contributed by atoms with E-state index in [1.807, 2.05) is 18.2 Å². The molecule has 0 spiro atoms. The minimum absolute atomic E-state index is 0.112. The topological polar surface area (TPSA) is 95.9 Å². The Balaban J connectivity index is 2.12. The van der Waals surface area contributed by atoms with Crippen LogP contribution in [0.5, 0.6) is 0 Å². The first-order chi connectivity index (χ1) is 9.86. The fourth-order valence-corrected chi connectivity index (χ4v) is 3.33. The van der Waals surface area contributed by atoms with Gasteiger partial charge in [-0.2, -0.15) is 17.4 Å². The summed E-state index contributed by atoms with van der Waals surface area (Å²) < 4.78 is 33.0. The highest BCUT2D eigenvalue weighted by Crippen LogP contribution is 2.21. The molecule has 8 heteroatoms. The number of ether oxygens (including phenoxy) is 1. The number of hydrogen-bond donors (Lipinski definition) is 2. The highest BCUT2D eigenvalue weighted by Gasteiger charge is 2.46. The van der Waals surface area contributed by atoms with Crippen molar-refractivity contribution in [2.24, 2.45) is 0 Å². The molecular weight excluding hydrogens is 296 g/mol. The number of aliphatic carboxylic acids is 1. The first kappa shape index (κ1) is 15.9. The standard InChI is InChI=1S/C13H18N2O5S/c1-15(9-11-5-3-2-4-6-11)21(18,19)14-13(12(16)17)7-8-20-10-13/h2-6,14H,7-10H2,1H3,(H,16,17). The van der Waals surface area contributed by atoms with Crippen LogP contribution in [0, 0.1) is 0 Å². The molecule has 1 aromatic carbocycles. The molecule has 0 aliphatic carbocycles. The van der Waals surface area contributed by atoms with Gasteiger partial charge < -0.3 is 9.84 Å². The maximum absolute atomic E-state index is 12.3. The Morgan fingerprint density at radius 2 is 2.10 bits per heavy atom. The molecule has 2 rings (SSSR count). The lowest BCUT2D eigenvalue weighted by atomic mass is 10.0. The zero-order valence-electron chi connectivity index (χ0n) is 11.7. The Hall–Kier alpha value is -1.48. The van der Waals surface area contributed by atoms with E-state index in [1.165, 1.54) is 7.05 Å². The normalized spacial score (nSPS) is 22.6. The third-order valence-corrected chi connectivity index (χ3v) is 5.01. The van der Waals surface area contributed by atoms with Crippen molar-refractivity contribution in [3.8, 4) is 0 Å². The van der Waals surface area contributed by atoms with Crippen LogP contribution in [0.2, 0.25) is 0 Å². The summed E-state index contributed by atoms with van der Waals surface area (Å²) in [7, 11) is -2.52. The summed E-state index contributed by atoms with van der Waals surface area (Å²) in [5.74, 6) is -1.23. The van der Waals surface area contributed by atoms with Crippen LogP contribution in [0.25, 0.3) is 0 Å². The summed E-state index contributed by atoms with van der Waals surface area (Å²) in [5.41, 5.74) is -0.763. The Kier molecular flexibility index (Phi) is 4.62. The molecule has 1 unspecified atom stereocenters. The number of benzene rings is 1. The molecule has 1 aromatic rings. The maximum atomic E-state index is 12.3. The highest BCUT2D eigenvalue weighted by atomic mass is 32.2. The number of carboxylic acid groups (broad SMARTS) is 1. The largest absolute Gasteiger partial charge is 0.480 e. The van der Waals surface area contributed by atoms with Crippen LogP contribution in [0.4, 0.5) is 0 Å². The van der Waals surface area contributed by atoms with Gasteiger partial charge in [0.25, 0.3) is 10.2 Å². The van der Waals surface area contributed by atoms with Crippen molar-refractivity contribution in [3.05, 3.63) is 35.9 Å². The molecule has 0 bridgehead atoms. The van der Waals surface area contributed by atoms with Crippen LogP contribution in [0.3, 0.4) is 0 Å². The Labute approximate surface area is 123 Å². The van der Waals surface area contributed by atoms with E-state index >= 15 is 0 Å². The molecule has 1 fully saturated rings. The van der Waals surface area contributed by atoms with Gasteiger partial charge in [0.1, 0.15) is 0 Å². The minimum atomic E-state index is -3.92. The molecule has 116 valence electrons. The second kappa shape index (κ2) is 6.10. The number of nitrogens with zero attached hydrogens (tertiary/aromatic N) is 1. The maximum Gasteiger partial charge on any atom is 0.327 e. The molecule has 2 N–H and O–H groups in total. The smallest absolute Gasteiger partial charge is 0.327 e. The molecule has 7 nitrogen and oxygen atoms in total. The van der Waals surface area contributed by atoms with Crippen molar-refractivity contribution in [3.63, 3.8) is 0 Å². The van der Waals surface area contributed by atoms with Gasteiger partial charge in [0.05, 0.1) is 6.61 Å². The number of carbonyl (C=O) groups is 1. The first-order valence-corrected chi connectivity index (χ1v) is 7.90. The zero-order valence-corrected chi connectivity index (χ0v) is 12.5. The molecule has 1 atom stereocenters. The fraction of sp³-hybridized carbons (Fsp3) is 0.462. The van der Waals surface area contributed by atoms with Gasteiger partial charge in [-0.3, -0.25) is 4.79 Å². The van der Waals surface area contributed by atoms with Gasteiger partial charge in [-0.1, -0.05) is 30.3 Å².